The summed E-state index contributed by atoms with van der Waals surface area (Å²) in [6.07, 6.45) is 2.73. The molecule has 0 saturated carbocycles. The highest BCUT2D eigenvalue weighted by Crippen LogP contribution is 2.18. The van der Waals surface area contributed by atoms with Gasteiger partial charge in [0.15, 0.2) is 0 Å². The van der Waals surface area contributed by atoms with Crippen LogP contribution in [0.4, 0.5) is 0 Å². The van der Waals surface area contributed by atoms with Gasteiger partial charge < -0.3 is 10.6 Å². The predicted octanol–water partition coefficient (Wildman–Crippen LogP) is 1.45. The van der Waals surface area contributed by atoms with Gasteiger partial charge in [-0.3, -0.25) is 0 Å². The molecule has 1 aliphatic heterocycles. The molecular weight excluding hydrogens is 148 g/mol. The fourth-order valence-corrected chi connectivity index (χ4v) is 1.80. The molecule has 0 radical (unpaired) electrons. The van der Waals surface area contributed by atoms with Gasteiger partial charge in [0, 0.05) is 18.6 Å². The number of hydrogen-bond acceptors (Lipinski definition) is 2. The van der Waals surface area contributed by atoms with Gasteiger partial charge in [-0.25, -0.2) is 0 Å². The van der Waals surface area contributed by atoms with E-state index >= 15 is 0 Å². The van der Waals surface area contributed by atoms with Crippen molar-refractivity contribution in [3.05, 3.63) is 0 Å². The maximum absolute atomic E-state index is 5.83. The lowest BCUT2D eigenvalue weighted by Crippen LogP contribution is -2.37. The predicted molar refractivity (Wildman–Crippen MR) is 53.1 cm³/mol. The van der Waals surface area contributed by atoms with Crippen LogP contribution in [-0.2, 0) is 0 Å². The monoisotopic (exact) mass is 170 g/mol. The van der Waals surface area contributed by atoms with Crippen molar-refractivity contribution < 1.29 is 0 Å². The summed E-state index contributed by atoms with van der Waals surface area (Å²) < 4.78 is 0. The van der Waals surface area contributed by atoms with E-state index in [0.29, 0.717) is 12.0 Å². The van der Waals surface area contributed by atoms with Gasteiger partial charge in [0.2, 0.25) is 0 Å². The second kappa shape index (κ2) is 4.24. The standard InChI is InChI=1S/C10H22N2/c1-8(10(3)11)7-12-6-4-5-9(12)2/h8-10H,4-7,11H2,1-3H3. The average molecular weight is 170 g/mol. The van der Waals surface area contributed by atoms with Gasteiger partial charge in [0.25, 0.3) is 0 Å². The minimum Gasteiger partial charge on any atom is -0.328 e. The van der Waals surface area contributed by atoms with Crippen LogP contribution in [0.2, 0.25) is 0 Å². The first-order valence-electron chi connectivity index (χ1n) is 5.11. The SMILES string of the molecule is CC(N)C(C)CN1CCCC1C. The molecule has 1 heterocycles. The van der Waals surface area contributed by atoms with E-state index in [0.717, 1.165) is 6.04 Å². The maximum atomic E-state index is 5.83. The fourth-order valence-electron chi connectivity index (χ4n) is 1.80. The van der Waals surface area contributed by atoms with E-state index in [1.165, 1.54) is 25.9 Å². The summed E-state index contributed by atoms with van der Waals surface area (Å²) in [6.45, 7) is 9.12. The molecule has 2 nitrogen and oxygen atoms in total. The van der Waals surface area contributed by atoms with E-state index in [1.54, 1.807) is 0 Å². The highest BCUT2D eigenvalue weighted by Gasteiger charge is 2.22. The number of hydrogen-bond donors (Lipinski definition) is 1. The minimum absolute atomic E-state index is 0.331. The lowest BCUT2D eigenvalue weighted by molar-refractivity contribution is 0.220. The molecule has 1 aliphatic rings. The highest BCUT2D eigenvalue weighted by atomic mass is 15.2. The second-order valence-electron chi connectivity index (χ2n) is 4.32. The minimum atomic E-state index is 0.331. The van der Waals surface area contributed by atoms with E-state index < -0.39 is 0 Å². The van der Waals surface area contributed by atoms with E-state index in [4.69, 9.17) is 5.73 Å². The number of rotatable bonds is 3. The third kappa shape index (κ3) is 2.46. The van der Waals surface area contributed by atoms with Crippen molar-refractivity contribution >= 4 is 0 Å². The summed E-state index contributed by atoms with van der Waals surface area (Å²) in [5.74, 6) is 0.630. The van der Waals surface area contributed by atoms with Gasteiger partial charge in [-0.15, -0.1) is 0 Å². The molecule has 0 aromatic rings. The topological polar surface area (TPSA) is 29.3 Å². The van der Waals surface area contributed by atoms with Crippen LogP contribution in [0.5, 0.6) is 0 Å². The summed E-state index contributed by atoms with van der Waals surface area (Å²) >= 11 is 0. The summed E-state index contributed by atoms with van der Waals surface area (Å²) in [4.78, 5) is 2.56. The molecular formula is C10H22N2. The Labute approximate surface area is 76.1 Å². The largest absolute Gasteiger partial charge is 0.328 e. The molecule has 72 valence electrons. The molecule has 0 amide bonds. The summed E-state index contributed by atoms with van der Waals surface area (Å²) in [7, 11) is 0. The highest BCUT2D eigenvalue weighted by molar-refractivity contribution is 4.78. The van der Waals surface area contributed by atoms with Crippen LogP contribution >= 0.6 is 0 Å². The van der Waals surface area contributed by atoms with Crippen molar-refractivity contribution in [3.63, 3.8) is 0 Å². The summed E-state index contributed by atoms with van der Waals surface area (Å²) in [6, 6.07) is 1.11. The first-order valence-corrected chi connectivity index (χ1v) is 5.11. The number of likely N-dealkylation sites (tertiary alicyclic amines) is 1. The molecule has 1 fully saturated rings. The molecule has 2 N–H and O–H groups in total. The Morgan fingerprint density at radius 2 is 2.17 bits per heavy atom. The van der Waals surface area contributed by atoms with Crippen molar-refractivity contribution in [3.8, 4) is 0 Å². The molecule has 12 heavy (non-hydrogen) atoms. The third-order valence-corrected chi connectivity index (χ3v) is 3.11. The molecule has 0 bridgehead atoms. The molecule has 1 saturated heterocycles. The Hall–Kier alpha value is -0.0800. The van der Waals surface area contributed by atoms with E-state index in [-0.39, 0.29) is 0 Å². The molecule has 2 heteroatoms. The Balaban J connectivity index is 2.30. The van der Waals surface area contributed by atoms with Gasteiger partial charge in [-0.05, 0) is 39.2 Å². The van der Waals surface area contributed by atoms with Gasteiger partial charge in [0.05, 0.1) is 0 Å². The Kier molecular flexibility index (Phi) is 3.53. The van der Waals surface area contributed by atoms with Crippen molar-refractivity contribution in [2.75, 3.05) is 13.1 Å². The molecule has 0 aromatic heterocycles. The van der Waals surface area contributed by atoms with Crippen LogP contribution in [0.3, 0.4) is 0 Å². The Morgan fingerprint density at radius 1 is 1.50 bits per heavy atom. The second-order valence-corrected chi connectivity index (χ2v) is 4.32. The van der Waals surface area contributed by atoms with Crippen LogP contribution in [0.1, 0.15) is 33.6 Å². The first kappa shape index (κ1) is 10.0. The van der Waals surface area contributed by atoms with E-state index in [9.17, 15) is 0 Å². The van der Waals surface area contributed by atoms with Crippen molar-refractivity contribution in [1.82, 2.24) is 4.90 Å². The summed E-state index contributed by atoms with van der Waals surface area (Å²) in [5, 5.41) is 0. The zero-order valence-electron chi connectivity index (χ0n) is 8.59. The smallest absolute Gasteiger partial charge is 0.00675 e. The van der Waals surface area contributed by atoms with Gasteiger partial charge in [-0.1, -0.05) is 6.92 Å². The van der Waals surface area contributed by atoms with Gasteiger partial charge in [-0.2, -0.15) is 0 Å². The molecule has 3 unspecified atom stereocenters. The number of nitrogens with zero attached hydrogens (tertiary/aromatic N) is 1. The van der Waals surface area contributed by atoms with Gasteiger partial charge in [0.1, 0.15) is 0 Å². The lowest BCUT2D eigenvalue weighted by atomic mass is 10.0. The van der Waals surface area contributed by atoms with Crippen LogP contribution in [0.15, 0.2) is 0 Å². The van der Waals surface area contributed by atoms with Crippen LogP contribution in [-0.4, -0.2) is 30.1 Å². The quantitative estimate of drug-likeness (QED) is 0.694. The zero-order chi connectivity index (χ0) is 9.14. The van der Waals surface area contributed by atoms with E-state index in [1.807, 2.05) is 0 Å². The maximum Gasteiger partial charge on any atom is 0.00675 e. The van der Waals surface area contributed by atoms with Crippen molar-refractivity contribution in [2.24, 2.45) is 11.7 Å². The molecule has 3 atom stereocenters. The molecule has 1 rings (SSSR count). The Morgan fingerprint density at radius 3 is 2.58 bits per heavy atom. The van der Waals surface area contributed by atoms with Crippen molar-refractivity contribution in [1.29, 1.82) is 0 Å². The average Bonchev–Trinajstić information content (AvgIpc) is 2.36. The van der Waals surface area contributed by atoms with Gasteiger partial charge >= 0.3 is 0 Å². The number of nitrogens with two attached hydrogens (primary N) is 1. The molecule has 0 aliphatic carbocycles. The van der Waals surface area contributed by atoms with E-state index in [2.05, 4.69) is 25.7 Å². The third-order valence-electron chi connectivity index (χ3n) is 3.11. The molecule has 0 spiro atoms. The normalized spacial score (nSPS) is 30.5. The summed E-state index contributed by atoms with van der Waals surface area (Å²) in [5.41, 5.74) is 5.83. The first-order chi connectivity index (χ1) is 5.61. The fraction of sp³-hybridized carbons (Fsp3) is 1.00. The van der Waals surface area contributed by atoms with Crippen LogP contribution in [0.25, 0.3) is 0 Å². The van der Waals surface area contributed by atoms with Crippen LogP contribution in [0, 0.1) is 5.92 Å². The molecule has 0 aromatic carbocycles. The van der Waals surface area contributed by atoms with Crippen LogP contribution < -0.4 is 5.73 Å². The Bertz CT molecular complexity index is 134. The van der Waals surface area contributed by atoms with Crippen molar-refractivity contribution in [2.45, 2.75) is 45.7 Å². The lowest BCUT2D eigenvalue weighted by Gasteiger charge is -2.26. The zero-order valence-corrected chi connectivity index (χ0v) is 8.59.